The fourth-order valence-electron chi connectivity index (χ4n) is 0.860. The van der Waals surface area contributed by atoms with Crippen molar-refractivity contribution in [3.8, 4) is 0 Å². The highest BCUT2D eigenvalue weighted by Crippen LogP contribution is 2.25. The van der Waals surface area contributed by atoms with E-state index in [-0.39, 0.29) is 5.41 Å². The van der Waals surface area contributed by atoms with Crippen molar-refractivity contribution in [2.45, 2.75) is 27.7 Å². The lowest BCUT2D eigenvalue weighted by Crippen LogP contribution is -2.06. The third-order valence-corrected chi connectivity index (χ3v) is 1.58. The van der Waals surface area contributed by atoms with E-state index in [0.717, 1.165) is 0 Å². The summed E-state index contributed by atoms with van der Waals surface area (Å²) in [6, 6.07) is 0. The van der Waals surface area contributed by atoms with Crippen LogP contribution in [0.2, 0.25) is 0 Å². The zero-order chi connectivity index (χ0) is 8.20. The molecule has 0 aliphatic heterocycles. The predicted molar refractivity (Wildman–Crippen MR) is 51.3 cm³/mol. The molecule has 0 spiro atoms. The van der Waals surface area contributed by atoms with Crippen LogP contribution >= 0.6 is 12.6 Å². The Morgan fingerprint density at radius 1 is 1.30 bits per heavy atom. The van der Waals surface area contributed by atoms with Crippen LogP contribution in [-0.4, -0.2) is 0 Å². The Labute approximate surface area is 69.4 Å². The maximum Gasteiger partial charge on any atom is -0.0135 e. The van der Waals surface area contributed by atoms with Gasteiger partial charge in [0, 0.05) is 0 Å². The third kappa shape index (κ3) is 3.11. The second-order valence-corrected chi connectivity index (χ2v) is 3.61. The topological polar surface area (TPSA) is 0 Å². The number of hydrogen-bond acceptors (Lipinski definition) is 1. The molecule has 0 atom stereocenters. The maximum absolute atomic E-state index is 4.02. The first-order chi connectivity index (χ1) is 4.52. The van der Waals surface area contributed by atoms with Gasteiger partial charge in [-0.1, -0.05) is 32.9 Å². The van der Waals surface area contributed by atoms with E-state index < -0.39 is 0 Å². The average Bonchev–Trinajstić information content (AvgIpc) is 1.80. The summed E-state index contributed by atoms with van der Waals surface area (Å²) in [6.07, 6.45) is 4.15. The van der Waals surface area contributed by atoms with Crippen molar-refractivity contribution in [2.75, 3.05) is 0 Å². The van der Waals surface area contributed by atoms with Crippen LogP contribution in [-0.2, 0) is 0 Å². The number of rotatable bonds is 1. The molecule has 10 heavy (non-hydrogen) atoms. The van der Waals surface area contributed by atoms with Crippen molar-refractivity contribution in [1.29, 1.82) is 0 Å². The molecule has 0 heterocycles. The fraction of sp³-hybridized carbons (Fsp3) is 0.556. The molecule has 0 amide bonds. The summed E-state index contributed by atoms with van der Waals surface area (Å²) in [7, 11) is 0. The van der Waals surface area contributed by atoms with Gasteiger partial charge in [-0.3, -0.25) is 0 Å². The molecule has 0 unspecified atom stereocenters. The van der Waals surface area contributed by atoms with Gasteiger partial charge in [-0.25, -0.2) is 0 Å². The first-order valence-electron chi connectivity index (χ1n) is 3.50. The molecule has 0 aromatic carbocycles. The van der Waals surface area contributed by atoms with Gasteiger partial charge in [-0.2, -0.15) is 12.6 Å². The van der Waals surface area contributed by atoms with Gasteiger partial charge in [0.05, 0.1) is 0 Å². The minimum Gasteiger partial charge on any atom is -0.151 e. The van der Waals surface area contributed by atoms with Crippen LogP contribution in [0.4, 0.5) is 0 Å². The smallest absolute Gasteiger partial charge is 0.0135 e. The van der Waals surface area contributed by atoms with E-state index >= 15 is 0 Å². The van der Waals surface area contributed by atoms with Crippen LogP contribution in [0.5, 0.6) is 0 Å². The molecule has 0 fully saturated rings. The van der Waals surface area contributed by atoms with Crippen molar-refractivity contribution in [3.63, 3.8) is 0 Å². The van der Waals surface area contributed by atoms with Crippen LogP contribution in [0.3, 0.4) is 0 Å². The van der Waals surface area contributed by atoms with Gasteiger partial charge in [0.15, 0.2) is 0 Å². The molecule has 0 aromatic heterocycles. The molecule has 0 aliphatic rings. The van der Waals surface area contributed by atoms with Crippen LogP contribution in [0.25, 0.3) is 0 Å². The summed E-state index contributed by atoms with van der Waals surface area (Å²) in [5.41, 5.74) is 1.57. The SMILES string of the molecule is C/C=C(\C=C/S)C(C)(C)C. The second kappa shape index (κ2) is 3.87. The fourth-order valence-corrected chi connectivity index (χ4v) is 1.02. The minimum absolute atomic E-state index is 0.244. The zero-order valence-corrected chi connectivity index (χ0v) is 8.07. The molecule has 0 N–H and O–H groups in total. The Balaban J connectivity index is 4.39. The summed E-state index contributed by atoms with van der Waals surface area (Å²) in [4.78, 5) is 0. The maximum atomic E-state index is 4.02. The highest BCUT2D eigenvalue weighted by Gasteiger charge is 2.12. The predicted octanol–water partition coefficient (Wildman–Crippen LogP) is 3.42. The first-order valence-corrected chi connectivity index (χ1v) is 4.01. The van der Waals surface area contributed by atoms with E-state index in [1.807, 2.05) is 13.0 Å². The first kappa shape index (κ1) is 9.83. The summed E-state index contributed by atoms with van der Waals surface area (Å²) in [5.74, 6) is 0. The normalized spacial score (nSPS) is 14.7. The van der Waals surface area contributed by atoms with Crippen molar-refractivity contribution < 1.29 is 0 Å². The van der Waals surface area contributed by atoms with E-state index in [1.54, 1.807) is 5.41 Å². The van der Waals surface area contributed by atoms with E-state index in [0.29, 0.717) is 0 Å². The minimum atomic E-state index is 0.244. The lowest BCUT2D eigenvalue weighted by Gasteiger charge is -2.19. The molecule has 0 bridgehead atoms. The summed E-state index contributed by atoms with van der Waals surface area (Å²) < 4.78 is 0. The Bertz CT molecular complexity index is 147. The Kier molecular flexibility index (Phi) is 3.80. The van der Waals surface area contributed by atoms with Gasteiger partial charge in [0.1, 0.15) is 0 Å². The van der Waals surface area contributed by atoms with Gasteiger partial charge in [-0.05, 0) is 23.3 Å². The monoisotopic (exact) mass is 156 g/mol. The molecule has 0 radical (unpaired) electrons. The third-order valence-electron chi connectivity index (χ3n) is 1.43. The van der Waals surface area contributed by atoms with Crippen molar-refractivity contribution in [3.05, 3.63) is 23.1 Å². The largest absolute Gasteiger partial charge is 0.151 e. The lowest BCUT2D eigenvalue weighted by molar-refractivity contribution is 0.516. The second-order valence-electron chi connectivity index (χ2n) is 3.31. The van der Waals surface area contributed by atoms with E-state index in [1.165, 1.54) is 5.57 Å². The van der Waals surface area contributed by atoms with Gasteiger partial charge in [0.25, 0.3) is 0 Å². The quantitative estimate of drug-likeness (QED) is 0.436. The molecule has 1 heteroatoms. The molecule has 0 aliphatic carbocycles. The number of thiol groups is 1. The van der Waals surface area contributed by atoms with E-state index in [9.17, 15) is 0 Å². The van der Waals surface area contributed by atoms with Crippen molar-refractivity contribution >= 4 is 12.6 Å². The summed E-state index contributed by atoms with van der Waals surface area (Å²) in [5, 5.41) is 1.78. The molecule has 0 aromatic rings. The number of allylic oxidation sites excluding steroid dienone is 3. The zero-order valence-electron chi connectivity index (χ0n) is 7.18. The average molecular weight is 156 g/mol. The molecule has 0 saturated carbocycles. The molecule has 0 rings (SSSR count). The Morgan fingerprint density at radius 3 is 1.90 bits per heavy atom. The van der Waals surface area contributed by atoms with Crippen LogP contribution in [0.15, 0.2) is 23.1 Å². The van der Waals surface area contributed by atoms with Gasteiger partial charge in [0.2, 0.25) is 0 Å². The molecule has 58 valence electrons. The van der Waals surface area contributed by atoms with Crippen LogP contribution in [0, 0.1) is 5.41 Å². The van der Waals surface area contributed by atoms with Crippen molar-refractivity contribution in [1.82, 2.24) is 0 Å². The molecule has 0 nitrogen and oxygen atoms in total. The van der Waals surface area contributed by atoms with Crippen molar-refractivity contribution in [2.24, 2.45) is 5.41 Å². The standard InChI is InChI=1S/C9H16S/c1-5-8(6-7-10)9(2,3)4/h5-7,10H,1-4H3/b7-6-,8-5+. The Hall–Kier alpha value is -0.170. The highest BCUT2D eigenvalue weighted by molar-refractivity contribution is 7.83. The highest BCUT2D eigenvalue weighted by atomic mass is 32.1. The summed E-state index contributed by atoms with van der Waals surface area (Å²) >= 11 is 4.02. The molecular formula is C9H16S. The molecule has 0 saturated heterocycles. The van der Waals surface area contributed by atoms with Crippen LogP contribution in [0.1, 0.15) is 27.7 Å². The summed E-state index contributed by atoms with van der Waals surface area (Å²) in [6.45, 7) is 8.62. The molecular weight excluding hydrogens is 140 g/mol. The van der Waals surface area contributed by atoms with Gasteiger partial charge < -0.3 is 0 Å². The van der Waals surface area contributed by atoms with E-state index in [4.69, 9.17) is 0 Å². The number of hydrogen-bond donors (Lipinski definition) is 1. The van der Waals surface area contributed by atoms with E-state index in [2.05, 4.69) is 39.5 Å². The van der Waals surface area contributed by atoms with Gasteiger partial charge in [-0.15, -0.1) is 0 Å². The Morgan fingerprint density at radius 2 is 1.80 bits per heavy atom. The van der Waals surface area contributed by atoms with Gasteiger partial charge >= 0.3 is 0 Å². The van der Waals surface area contributed by atoms with Crippen LogP contribution < -0.4 is 0 Å². The lowest BCUT2D eigenvalue weighted by atomic mass is 9.86.